The Morgan fingerprint density at radius 1 is 1.33 bits per heavy atom. The van der Waals surface area contributed by atoms with E-state index in [0.29, 0.717) is 5.75 Å². The molecule has 0 saturated heterocycles. The van der Waals surface area contributed by atoms with Gasteiger partial charge in [-0.1, -0.05) is 30.3 Å². The molecule has 1 unspecified atom stereocenters. The number of benzene rings is 1. The van der Waals surface area contributed by atoms with Gasteiger partial charge in [-0.2, -0.15) is 11.8 Å². The van der Waals surface area contributed by atoms with Crippen LogP contribution < -0.4 is 5.32 Å². The van der Waals surface area contributed by atoms with Gasteiger partial charge < -0.3 is 14.8 Å². The number of nitrogens with one attached hydrogen (secondary N) is 1. The molecule has 112 valence electrons. The first-order valence-electron chi connectivity index (χ1n) is 6.66. The van der Waals surface area contributed by atoms with Crippen molar-refractivity contribution in [3.8, 4) is 11.1 Å². The van der Waals surface area contributed by atoms with Crippen molar-refractivity contribution in [2.75, 3.05) is 18.6 Å². The highest BCUT2D eigenvalue weighted by Crippen LogP contribution is 2.24. The third-order valence-corrected chi connectivity index (χ3v) is 3.95. The first-order valence-corrected chi connectivity index (χ1v) is 8.05. The molecule has 5 heteroatoms. The maximum Gasteiger partial charge on any atom is 0.287 e. The van der Waals surface area contributed by atoms with Gasteiger partial charge in [-0.05, 0) is 24.8 Å². The number of aliphatic hydroxyl groups is 1. The zero-order valence-electron chi connectivity index (χ0n) is 12.1. The van der Waals surface area contributed by atoms with Gasteiger partial charge in [-0.15, -0.1) is 0 Å². The van der Waals surface area contributed by atoms with Crippen LogP contribution in [0.1, 0.15) is 17.5 Å². The second-order valence-electron chi connectivity index (χ2n) is 5.14. The largest absolute Gasteiger partial charge is 0.459 e. The zero-order valence-corrected chi connectivity index (χ0v) is 12.9. The van der Waals surface area contributed by atoms with E-state index in [9.17, 15) is 9.90 Å². The Bertz CT molecular complexity index is 593. The van der Waals surface area contributed by atoms with Crippen molar-refractivity contribution in [3.63, 3.8) is 0 Å². The number of carbonyl (C=O) groups excluding carboxylic acids is 1. The average molecular weight is 305 g/mol. The molecule has 4 nitrogen and oxygen atoms in total. The zero-order chi connectivity index (χ0) is 15.3. The number of hydrogen-bond donors (Lipinski definition) is 2. The second kappa shape index (κ2) is 6.83. The van der Waals surface area contributed by atoms with Gasteiger partial charge in [0.2, 0.25) is 0 Å². The molecule has 0 bridgehead atoms. The highest BCUT2D eigenvalue weighted by atomic mass is 32.2. The van der Waals surface area contributed by atoms with E-state index in [-0.39, 0.29) is 18.2 Å². The summed E-state index contributed by atoms with van der Waals surface area (Å²) in [4.78, 5) is 12.2. The van der Waals surface area contributed by atoms with Crippen molar-refractivity contribution in [1.82, 2.24) is 5.32 Å². The molecule has 0 aliphatic carbocycles. The molecule has 2 aromatic rings. The Morgan fingerprint density at radius 3 is 2.71 bits per heavy atom. The van der Waals surface area contributed by atoms with Gasteiger partial charge in [-0.25, -0.2) is 0 Å². The van der Waals surface area contributed by atoms with Crippen molar-refractivity contribution in [3.05, 3.63) is 48.4 Å². The number of amides is 1. The van der Waals surface area contributed by atoms with Gasteiger partial charge in [0.05, 0.1) is 11.9 Å². The molecule has 0 fully saturated rings. The van der Waals surface area contributed by atoms with Crippen LogP contribution >= 0.6 is 11.8 Å². The van der Waals surface area contributed by atoms with Gasteiger partial charge in [0.1, 0.15) is 0 Å². The van der Waals surface area contributed by atoms with E-state index >= 15 is 0 Å². The Morgan fingerprint density at radius 2 is 2.05 bits per heavy atom. The van der Waals surface area contributed by atoms with Crippen molar-refractivity contribution in [2.45, 2.75) is 12.5 Å². The Labute approximate surface area is 128 Å². The van der Waals surface area contributed by atoms with E-state index in [1.54, 1.807) is 13.0 Å². The van der Waals surface area contributed by atoms with Gasteiger partial charge in [0, 0.05) is 17.9 Å². The number of thioether (sulfide) groups is 1. The van der Waals surface area contributed by atoms with Crippen molar-refractivity contribution < 1.29 is 14.3 Å². The predicted octanol–water partition coefficient (Wildman–Crippen LogP) is 2.79. The van der Waals surface area contributed by atoms with Crippen LogP contribution in [0.4, 0.5) is 0 Å². The SMILES string of the molecule is CSCC(C)(O)CNC(=O)c1occc1-c1ccccc1. The van der Waals surface area contributed by atoms with Crippen LogP contribution in [-0.2, 0) is 0 Å². The smallest absolute Gasteiger partial charge is 0.287 e. The Balaban J connectivity index is 2.10. The van der Waals surface area contributed by atoms with Crippen molar-refractivity contribution in [1.29, 1.82) is 0 Å². The fourth-order valence-electron chi connectivity index (χ4n) is 2.04. The lowest BCUT2D eigenvalue weighted by Crippen LogP contribution is -2.42. The van der Waals surface area contributed by atoms with Crippen LogP contribution in [0.15, 0.2) is 47.1 Å². The minimum absolute atomic E-state index is 0.182. The van der Waals surface area contributed by atoms with Crippen molar-refractivity contribution in [2.24, 2.45) is 0 Å². The maximum absolute atomic E-state index is 12.2. The summed E-state index contributed by atoms with van der Waals surface area (Å²) in [6.07, 6.45) is 3.41. The molecule has 2 N–H and O–H groups in total. The lowest BCUT2D eigenvalue weighted by molar-refractivity contribution is 0.0710. The Hall–Kier alpha value is -1.72. The van der Waals surface area contributed by atoms with Gasteiger partial charge in [0.25, 0.3) is 5.91 Å². The fourth-order valence-corrected chi connectivity index (χ4v) is 2.77. The molecule has 0 aliphatic rings. The molecule has 0 radical (unpaired) electrons. The average Bonchev–Trinajstić information content (AvgIpc) is 2.95. The lowest BCUT2D eigenvalue weighted by atomic mass is 10.1. The fraction of sp³-hybridized carbons (Fsp3) is 0.312. The van der Waals surface area contributed by atoms with E-state index in [1.807, 2.05) is 36.6 Å². The maximum atomic E-state index is 12.2. The summed E-state index contributed by atoms with van der Waals surface area (Å²) in [5.74, 6) is 0.498. The van der Waals surface area contributed by atoms with E-state index in [1.165, 1.54) is 18.0 Å². The molecular weight excluding hydrogens is 286 g/mol. The van der Waals surface area contributed by atoms with Gasteiger partial charge in [-0.3, -0.25) is 4.79 Å². The summed E-state index contributed by atoms with van der Waals surface area (Å²) in [5, 5.41) is 12.8. The summed E-state index contributed by atoms with van der Waals surface area (Å²) in [6.45, 7) is 1.88. The predicted molar refractivity (Wildman–Crippen MR) is 85.5 cm³/mol. The van der Waals surface area contributed by atoms with Crippen molar-refractivity contribution >= 4 is 17.7 Å². The molecular formula is C16H19NO3S. The monoisotopic (exact) mass is 305 g/mol. The summed E-state index contributed by atoms with van der Waals surface area (Å²) >= 11 is 1.53. The minimum Gasteiger partial charge on any atom is -0.459 e. The first kappa shape index (κ1) is 15.7. The third-order valence-electron chi connectivity index (χ3n) is 3.04. The molecule has 1 heterocycles. The van der Waals surface area contributed by atoms with E-state index < -0.39 is 5.60 Å². The molecule has 1 aromatic carbocycles. The van der Waals surface area contributed by atoms with E-state index in [4.69, 9.17) is 4.42 Å². The van der Waals surface area contributed by atoms with E-state index in [0.717, 1.165) is 11.1 Å². The summed E-state index contributed by atoms with van der Waals surface area (Å²) < 4.78 is 5.31. The van der Waals surface area contributed by atoms with E-state index in [2.05, 4.69) is 5.32 Å². The number of furan rings is 1. The molecule has 1 aromatic heterocycles. The second-order valence-corrected chi connectivity index (χ2v) is 6.01. The molecule has 0 saturated carbocycles. The van der Waals surface area contributed by atoms with Gasteiger partial charge in [0.15, 0.2) is 5.76 Å². The lowest BCUT2D eigenvalue weighted by Gasteiger charge is -2.22. The molecule has 1 atom stereocenters. The topological polar surface area (TPSA) is 62.5 Å². The molecule has 0 spiro atoms. The molecule has 21 heavy (non-hydrogen) atoms. The quantitative estimate of drug-likeness (QED) is 0.861. The summed E-state index contributed by atoms with van der Waals surface area (Å²) in [7, 11) is 0. The number of rotatable bonds is 6. The minimum atomic E-state index is -0.936. The summed E-state index contributed by atoms with van der Waals surface area (Å²) in [6, 6.07) is 11.4. The third kappa shape index (κ3) is 4.12. The number of hydrogen-bond acceptors (Lipinski definition) is 4. The first-order chi connectivity index (χ1) is 10.0. The van der Waals surface area contributed by atoms with Crippen LogP contribution in [-0.4, -0.2) is 35.2 Å². The Kier molecular flexibility index (Phi) is 5.09. The standard InChI is InChI=1S/C16H19NO3S/c1-16(19,11-21-2)10-17-15(18)14-13(8-9-20-14)12-6-4-3-5-7-12/h3-9,19H,10-11H2,1-2H3,(H,17,18). The van der Waals surface area contributed by atoms with Crippen LogP contribution in [0.25, 0.3) is 11.1 Å². The van der Waals surface area contributed by atoms with Crippen LogP contribution in [0, 0.1) is 0 Å². The van der Waals surface area contributed by atoms with Gasteiger partial charge >= 0.3 is 0 Å². The van der Waals surface area contributed by atoms with Crippen LogP contribution in [0.5, 0.6) is 0 Å². The highest BCUT2D eigenvalue weighted by Gasteiger charge is 2.23. The van der Waals surface area contributed by atoms with Crippen LogP contribution in [0.3, 0.4) is 0 Å². The molecule has 2 rings (SSSR count). The highest BCUT2D eigenvalue weighted by molar-refractivity contribution is 7.98. The number of carbonyl (C=O) groups is 1. The normalized spacial score (nSPS) is 13.7. The molecule has 0 aliphatic heterocycles. The summed E-state index contributed by atoms with van der Waals surface area (Å²) in [5.41, 5.74) is 0.735. The van der Waals surface area contributed by atoms with Crippen LogP contribution in [0.2, 0.25) is 0 Å². The molecule has 1 amide bonds.